The van der Waals surface area contributed by atoms with E-state index in [1.54, 1.807) is 65.6 Å². The third-order valence-corrected chi connectivity index (χ3v) is 15.9. The van der Waals surface area contributed by atoms with E-state index in [9.17, 15) is 48.3 Å². The lowest BCUT2D eigenvalue weighted by Gasteiger charge is -2.43. The normalized spacial score (nSPS) is 21.3. The molecule has 3 unspecified atom stereocenters. The number of ether oxygens (including phenoxy) is 10. The maximum atomic E-state index is 14.8. The number of benzene rings is 2. The lowest BCUT2D eigenvalue weighted by atomic mass is 9.89. The molecule has 2 aromatic carbocycles. The predicted molar refractivity (Wildman–Crippen MR) is 317 cm³/mol. The standard InChI is InChI=1S/C63H91N5O20/c1-18-30-82-46-31-44(87-62-57(86-41(12)71)55(85-40(11)70)54(84-39(10)69)56(88-62)61(77)81-17)28-27-43(46)33-83-63(78)67(14)50(35(5)6)59(75)65-49(34(3)4)60(76)66(13)51(36(7)19-2)47(79-15)32-48(72)68-29-23-26-45(68)53(80-16)37(8)58(74)64-38(9)52(73)42-24-21-20-22-25-42/h1,20-22,24-25,27-28,31,34-38,45,47,49-57,62,73H,19,23,26,29-30,32-33H2,2-17H3,(H,64,74)(H,65,75)/t36?,37-,38-,45+,47-,49+,50+,51+,52-,53-,54+,55+,56?,57-,62?/m1/s1. The Morgan fingerprint density at radius 1 is 0.795 bits per heavy atom. The summed E-state index contributed by atoms with van der Waals surface area (Å²) in [6.07, 6.45) is -4.40. The van der Waals surface area contributed by atoms with Gasteiger partial charge in [0.25, 0.3) is 0 Å². The van der Waals surface area contributed by atoms with E-state index >= 15 is 0 Å². The summed E-state index contributed by atoms with van der Waals surface area (Å²) in [7, 11) is 7.03. The predicted octanol–water partition coefficient (Wildman–Crippen LogP) is 4.66. The molecular weight excluding hydrogens is 1150 g/mol. The van der Waals surface area contributed by atoms with Crippen LogP contribution in [0.25, 0.3) is 0 Å². The van der Waals surface area contributed by atoms with Gasteiger partial charge in [0.2, 0.25) is 36.0 Å². The number of rotatable bonds is 30. The molecule has 0 aliphatic carbocycles. The average Bonchev–Trinajstić information content (AvgIpc) is 2.53. The highest BCUT2D eigenvalue weighted by atomic mass is 16.7. The van der Waals surface area contributed by atoms with Crippen molar-refractivity contribution in [1.82, 2.24) is 25.3 Å². The molecule has 0 radical (unpaired) electrons. The summed E-state index contributed by atoms with van der Waals surface area (Å²) in [5.41, 5.74) is 0.921. The van der Waals surface area contributed by atoms with Crippen molar-refractivity contribution in [3.8, 4) is 23.8 Å². The summed E-state index contributed by atoms with van der Waals surface area (Å²) < 4.78 is 56.7. The first-order valence-corrected chi connectivity index (χ1v) is 29.5. The van der Waals surface area contributed by atoms with Crippen molar-refractivity contribution in [2.75, 3.05) is 48.6 Å². The van der Waals surface area contributed by atoms with Crippen molar-refractivity contribution in [3.05, 3.63) is 59.7 Å². The van der Waals surface area contributed by atoms with Gasteiger partial charge in [0, 0.05) is 67.3 Å². The summed E-state index contributed by atoms with van der Waals surface area (Å²) in [6, 6.07) is 9.22. The van der Waals surface area contributed by atoms with Gasteiger partial charge >= 0.3 is 30.0 Å². The fourth-order valence-corrected chi connectivity index (χ4v) is 11.2. The quantitative estimate of drug-likeness (QED) is 0.0544. The van der Waals surface area contributed by atoms with Gasteiger partial charge in [0.1, 0.15) is 36.8 Å². The number of aliphatic hydroxyl groups is 1. The topological polar surface area (TPSA) is 300 Å². The molecule has 2 aliphatic heterocycles. The monoisotopic (exact) mass is 1240 g/mol. The molecule has 0 saturated carbocycles. The third kappa shape index (κ3) is 19.2. The van der Waals surface area contributed by atoms with E-state index in [4.69, 9.17) is 53.8 Å². The van der Waals surface area contributed by atoms with E-state index in [-0.39, 0.29) is 47.8 Å². The number of amides is 5. The highest BCUT2D eigenvalue weighted by molar-refractivity contribution is 5.92. The largest absolute Gasteiger partial charge is 0.480 e. The zero-order chi connectivity index (χ0) is 65.9. The first-order valence-electron chi connectivity index (χ1n) is 29.5. The summed E-state index contributed by atoms with van der Waals surface area (Å²) in [4.78, 5) is 126. The zero-order valence-corrected chi connectivity index (χ0v) is 53.5. The first kappa shape index (κ1) is 72.9. The molecule has 25 nitrogen and oxygen atoms in total. The smallest absolute Gasteiger partial charge is 0.410 e. The molecule has 2 fully saturated rings. The van der Waals surface area contributed by atoms with Crippen LogP contribution in [-0.2, 0) is 82.9 Å². The highest BCUT2D eigenvalue weighted by Gasteiger charge is 2.56. The molecule has 2 saturated heterocycles. The van der Waals surface area contributed by atoms with Gasteiger partial charge in [-0.3, -0.25) is 38.5 Å². The number of hydrogen-bond acceptors (Lipinski definition) is 20. The van der Waals surface area contributed by atoms with Gasteiger partial charge in [0.15, 0.2) is 18.3 Å². The second-order valence-electron chi connectivity index (χ2n) is 22.9. The molecule has 25 heteroatoms. The number of aliphatic hydroxyl groups excluding tert-OH is 1. The Bertz CT molecular complexity index is 2740. The second kappa shape index (κ2) is 34.3. The van der Waals surface area contributed by atoms with Crippen LogP contribution < -0.4 is 20.1 Å². The molecule has 0 spiro atoms. The van der Waals surface area contributed by atoms with E-state index in [1.807, 2.05) is 32.0 Å². The fraction of sp³-hybridized carbons (Fsp3) is 0.635. The van der Waals surface area contributed by atoms with Crippen LogP contribution in [0.5, 0.6) is 11.5 Å². The van der Waals surface area contributed by atoms with Crippen LogP contribution in [0.3, 0.4) is 0 Å². The number of esters is 4. The van der Waals surface area contributed by atoms with E-state index < -0.39 is 145 Å². The second-order valence-corrected chi connectivity index (χ2v) is 22.9. The molecule has 0 bridgehead atoms. The number of nitrogens with zero attached hydrogens (tertiary/aromatic N) is 3. The zero-order valence-electron chi connectivity index (χ0n) is 53.5. The van der Waals surface area contributed by atoms with Gasteiger partial charge in [-0.1, -0.05) is 91.1 Å². The van der Waals surface area contributed by atoms with Crippen LogP contribution >= 0.6 is 0 Å². The SMILES string of the molecule is C#CCOc1cc(OC2OC(C(=O)OC)[C@@H](OC(C)=O)[C@H](OC(C)=O)[C@H]2OC(C)=O)ccc1COC(=O)N(C)[C@H](C(=O)N[C@H](C(=O)N(C)[C@@H](C(C)CC)[C@@H](CC(=O)N1CCC[C@H]1[C@H](OC)[C@@H](C)C(=O)N[C@H](C)[C@@H](O)c1ccccc1)OC)C(C)C)C(C)C. The Labute approximate surface area is 516 Å². The lowest BCUT2D eigenvalue weighted by molar-refractivity contribution is -0.282. The molecular formula is C63H91N5O20. The fourth-order valence-electron chi connectivity index (χ4n) is 11.2. The molecule has 2 aliphatic rings. The minimum Gasteiger partial charge on any atom is -0.480 e. The Kier molecular flexibility index (Phi) is 28.4. The average molecular weight is 1240 g/mol. The minimum absolute atomic E-state index is 0.0373. The van der Waals surface area contributed by atoms with Gasteiger partial charge in [0.05, 0.1) is 55.9 Å². The number of carbonyl (C=O) groups is 9. The van der Waals surface area contributed by atoms with Gasteiger partial charge < -0.3 is 72.9 Å². The molecule has 2 heterocycles. The summed E-state index contributed by atoms with van der Waals surface area (Å²) >= 11 is 0. The van der Waals surface area contributed by atoms with E-state index in [1.165, 1.54) is 44.4 Å². The lowest BCUT2D eigenvalue weighted by Crippen LogP contribution is -2.64. The van der Waals surface area contributed by atoms with Gasteiger partial charge in [-0.25, -0.2) is 9.59 Å². The van der Waals surface area contributed by atoms with Crippen molar-refractivity contribution in [3.63, 3.8) is 0 Å². The molecule has 4 rings (SSSR count). The van der Waals surface area contributed by atoms with E-state index in [0.717, 1.165) is 32.8 Å². The Hall–Kier alpha value is -7.53. The van der Waals surface area contributed by atoms with Crippen LogP contribution in [0.15, 0.2) is 48.5 Å². The molecule has 488 valence electrons. The number of methoxy groups -OCH3 is 3. The van der Waals surface area contributed by atoms with Gasteiger partial charge in [-0.15, -0.1) is 6.42 Å². The number of likely N-dealkylation sites (N-methyl/N-ethyl adjacent to an activating group) is 2. The molecule has 5 amide bonds. The summed E-state index contributed by atoms with van der Waals surface area (Å²) in [5.74, 6) is -4.89. The Balaban J connectivity index is 1.51. The van der Waals surface area contributed by atoms with Gasteiger partial charge in [-0.05, 0) is 55.2 Å². The van der Waals surface area contributed by atoms with Crippen LogP contribution in [0.4, 0.5) is 4.79 Å². The van der Waals surface area contributed by atoms with Gasteiger partial charge in [-0.2, -0.15) is 0 Å². The number of terminal acetylenes is 1. The summed E-state index contributed by atoms with van der Waals surface area (Å²) in [6.45, 7) is 17.2. The summed E-state index contributed by atoms with van der Waals surface area (Å²) in [5, 5.41) is 16.8. The Morgan fingerprint density at radius 2 is 1.42 bits per heavy atom. The highest BCUT2D eigenvalue weighted by Crippen LogP contribution is 2.35. The van der Waals surface area contributed by atoms with Crippen LogP contribution in [-0.4, -0.2) is 195 Å². The Morgan fingerprint density at radius 3 is 1.98 bits per heavy atom. The van der Waals surface area contributed by atoms with E-state index in [2.05, 4.69) is 16.6 Å². The number of likely N-dealkylation sites (tertiary alicyclic amines) is 1. The van der Waals surface area contributed by atoms with Crippen molar-refractivity contribution in [2.45, 2.75) is 188 Å². The maximum Gasteiger partial charge on any atom is 0.410 e. The van der Waals surface area contributed by atoms with Crippen LogP contribution in [0.2, 0.25) is 0 Å². The van der Waals surface area contributed by atoms with Crippen molar-refractivity contribution < 1.29 is 95.6 Å². The van der Waals surface area contributed by atoms with Crippen molar-refractivity contribution in [1.29, 1.82) is 0 Å². The van der Waals surface area contributed by atoms with Crippen LogP contribution in [0.1, 0.15) is 119 Å². The maximum absolute atomic E-state index is 14.8. The molecule has 88 heavy (non-hydrogen) atoms. The molecule has 3 N–H and O–H groups in total. The van der Waals surface area contributed by atoms with E-state index in [0.29, 0.717) is 31.4 Å². The van der Waals surface area contributed by atoms with Crippen molar-refractivity contribution in [2.24, 2.45) is 23.7 Å². The number of nitrogens with one attached hydrogen (secondary N) is 2. The van der Waals surface area contributed by atoms with Crippen molar-refractivity contribution >= 4 is 53.6 Å². The number of carbonyl (C=O) groups excluding carboxylic acids is 9. The first-order chi connectivity index (χ1) is 41.6. The molecule has 2 aromatic rings. The third-order valence-electron chi connectivity index (χ3n) is 15.9. The molecule has 15 atom stereocenters. The minimum atomic E-state index is -1.74. The number of hydrogen-bond donors (Lipinski definition) is 3. The van der Waals surface area contributed by atoms with Crippen LogP contribution in [0, 0.1) is 36.0 Å². The molecule has 0 aromatic heterocycles.